The fourth-order valence-electron chi connectivity index (χ4n) is 3.91. The van der Waals surface area contributed by atoms with Gasteiger partial charge in [0.25, 0.3) is 0 Å². The van der Waals surface area contributed by atoms with Gasteiger partial charge in [0.2, 0.25) is 5.91 Å². The molecule has 162 valence electrons. The molecule has 4 rings (SSSR count). The molecule has 0 heterocycles. The van der Waals surface area contributed by atoms with Gasteiger partial charge in [-0.2, -0.15) is 0 Å². The first-order chi connectivity index (χ1) is 15.6. The van der Waals surface area contributed by atoms with Gasteiger partial charge in [0.15, 0.2) is 0 Å². The van der Waals surface area contributed by atoms with E-state index in [9.17, 15) is 9.59 Å². The van der Waals surface area contributed by atoms with Crippen LogP contribution in [0.3, 0.4) is 0 Å². The topological polar surface area (TPSA) is 66.4 Å². The molecule has 0 fully saturated rings. The van der Waals surface area contributed by atoms with Crippen LogP contribution in [-0.2, 0) is 9.59 Å². The molecule has 1 atom stereocenters. The van der Waals surface area contributed by atoms with Crippen LogP contribution in [0, 0.1) is 0 Å². The van der Waals surface area contributed by atoms with Gasteiger partial charge in [-0.05, 0) is 64.0 Å². The van der Waals surface area contributed by atoms with E-state index in [0.29, 0.717) is 19.3 Å². The number of amides is 1. The first-order valence-electron chi connectivity index (χ1n) is 10.8. The predicted molar refractivity (Wildman–Crippen MR) is 131 cm³/mol. The van der Waals surface area contributed by atoms with Gasteiger partial charge in [0.1, 0.15) is 0 Å². The van der Waals surface area contributed by atoms with E-state index in [2.05, 4.69) is 41.1 Å². The zero-order valence-electron chi connectivity index (χ0n) is 17.7. The Hall–Kier alpha value is -3.31. The maximum Gasteiger partial charge on any atom is 0.303 e. The second-order valence-corrected chi connectivity index (χ2v) is 8.76. The summed E-state index contributed by atoms with van der Waals surface area (Å²) in [6.07, 6.45) is 1.97. The Kier molecular flexibility index (Phi) is 7.07. The van der Waals surface area contributed by atoms with Crippen LogP contribution >= 0.6 is 11.9 Å². The molecular weight excluding hydrogens is 418 g/mol. The molecule has 2 N–H and O–H groups in total. The van der Waals surface area contributed by atoms with E-state index in [1.165, 1.54) is 11.9 Å². The predicted octanol–water partition coefficient (Wildman–Crippen LogP) is 6.55. The summed E-state index contributed by atoms with van der Waals surface area (Å²) in [5.41, 5.74) is 0.954. The maximum absolute atomic E-state index is 13.2. The van der Waals surface area contributed by atoms with Crippen LogP contribution in [0.2, 0.25) is 0 Å². The van der Waals surface area contributed by atoms with E-state index in [-0.39, 0.29) is 18.2 Å². The van der Waals surface area contributed by atoms with Crippen LogP contribution < -0.4 is 4.72 Å². The van der Waals surface area contributed by atoms with Gasteiger partial charge in [0.05, 0.1) is 5.92 Å². The van der Waals surface area contributed by atoms with Crippen LogP contribution in [0.4, 0.5) is 0 Å². The molecule has 4 aromatic carbocycles. The lowest BCUT2D eigenvalue weighted by Gasteiger charge is -2.17. The minimum Gasteiger partial charge on any atom is -0.481 e. The Labute approximate surface area is 191 Å². The molecule has 32 heavy (non-hydrogen) atoms. The summed E-state index contributed by atoms with van der Waals surface area (Å²) in [4.78, 5) is 25.0. The first kappa shape index (κ1) is 21.9. The van der Waals surface area contributed by atoms with Crippen molar-refractivity contribution in [2.75, 3.05) is 0 Å². The summed E-state index contributed by atoms with van der Waals surface area (Å²) in [5, 5.41) is 13.4. The fraction of sp³-hybridized carbons (Fsp3) is 0.185. The fourth-order valence-corrected chi connectivity index (χ4v) is 4.59. The summed E-state index contributed by atoms with van der Waals surface area (Å²) in [6, 6.07) is 28.5. The number of carboxylic acid groups (broad SMARTS) is 1. The molecule has 0 aliphatic rings. The molecule has 0 spiro atoms. The molecule has 0 aromatic heterocycles. The quantitative estimate of drug-likeness (QED) is 0.227. The third kappa shape index (κ3) is 5.48. The lowest BCUT2D eigenvalue weighted by atomic mass is 9.91. The van der Waals surface area contributed by atoms with E-state index in [4.69, 9.17) is 5.11 Å². The zero-order chi connectivity index (χ0) is 22.3. The minimum absolute atomic E-state index is 0.0613. The highest BCUT2D eigenvalue weighted by Crippen LogP contribution is 2.28. The Bertz CT molecular complexity index is 1250. The summed E-state index contributed by atoms with van der Waals surface area (Å²) < 4.78 is 3.02. The molecular formula is C27H25NO3S. The molecule has 0 saturated carbocycles. The van der Waals surface area contributed by atoms with Crippen molar-refractivity contribution in [3.8, 4) is 0 Å². The number of hydrogen-bond acceptors (Lipinski definition) is 3. The lowest BCUT2D eigenvalue weighted by molar-refractivity contribution is -0.137. The van der Waals surface area contributed by atoms with E-state index >= 15 is 0 Å². The average Bonchev–Trinajstić information content (AvgIpc) is 2.82. The summed E-state index contributed by atoms with van der Waals surface area (Å²) in [7, 11) is 0. The Morgan fingerprint density at radius 2 is 1.41 bits per heavy atom. The van der Waals surface area contributed by atoms with Crippen LogP contribution in [0.5, 0.6) is 0 Å². The summed E-state index contributed by atoms with van der Waals surface area (Å²) in [5.74, 6) is -1.20. The third-order valence-corrected chi connectivity index (χ3v) is 6.41. The maximum atomic E-state index is 13.2. The summed E-state index contributed by atoms with van der Waals surface area (Å²) in [6.45, 7) is 0. The van der Waals surface area contributed by atoms with Crippen molar-refractivity contribution in [1.82, 2.24) is 4.72 Å². The number of rotatable bonds is 9. The van der Waals surface area contributed by atoms with Gasteiger partial charge in [0, 0.05) is 11.3 Å². The van der Waals surface area contributed by atoms with Gasteiger partial charge >= 0.3 is 5.97 Å². The van der Waals surface area contributed by atoms with E-state index in [0.717, 1.165) is 32.0 Å². The molecule has 4 nitrogen and oxygen atoms in total. The molecule has 0 aliphatic carbocycles. The highest BCUT2D eigenvalue weighted by Gasteiger charge is 2.21. The number of nitrogens with one attached hydrogen (secondary N) is 1. The molecule has 1 amide bonds. The van der Waals surface area contributed by atoms with Crippen LogP contribution in [0.1, 0.15) is 37.2 Å². The third-order valence-electron chi connectivity index (χ3n) is 5.62. The average molecular weight is 444 g/mol. The van der Waals surface area contributed by atoms with Crippen molar-refractivity contribution in [2.24, 2.45) is 0 Å². The normalized spacial score (nSPS) is 12.0. The minimum atomic E-state index is -0.802. The van der Waals surface area contributed by atoms with Crippen molar-refractivity contribution < 1.29 is 14.7 Å². The molecule has 0 radical (unpaired) electrons. The number of benzene rings is 4. The van der Waals surface area contributed by atoms with E-state index in [1.54, 1.807) is 0 Å². The van der Waals surface area contributed by atoms with Crippen molar-refractivity contribution in [3.63, 3.8) is 0 Å². The van der Waals surface area contributed by atoms with Crippen LogP contribution in [0.15, 0.2) is 89.8 Å². The van der Waals surface area contributed by atoms with Gasteiger partial charge < -0.3 is 5.11 Å². The number of aliphatic carboxylic acids is 1. The number of hydrogen-bond donors (Lipinski definition) is 2. The molecule has 1 unspecified atom stereocenters. The smallest absolute Gasteiger partial charge is 0.303 e. The Balaban J connectivity index is 1.50. The molecule has 0 aliphatic heterocycles. The van der Waals surface area contributed by atoms with Crippen LogP contribution in [-0.4, -0.2) is 17.0 Å². The number of carboxylic acids is 1. The Morgan fingerprint density at radius 1 is 0.781 bits per heavy atom. The highest BCUT2D eigenvalue weighted by atomic mass is 32.2. The van der Waals surface area contributed by atoms with Gasteiger partial charge in [-0.3, -0.25) is 14.3 Å². The number of carbonyl (C=O) groups is 2. The number of carbonyl (C=O) groups excluding carboxylic acids is 1. The van der Waals surface area contributed by atoms with Crippen molar-refractivity contribution in [2.45, 2.75) is 36.5 Å². The molecule has 4 aromatic rings. The zero-order valence-corrected chi connectivity index (χ0v) is 18.5. The van der Waals surface area contributed by atoms with Gasteiger partial charge in [-0.1, -0.05) is 79.2 Å². The van der Waals surface area contributed by atoms with E-state index < -0.39 is 5.97 Å². The van der Waals surface area contributed by atoms with Gasteiger partial charge in [-0.15, -0.1) is 0 Å². The molecule has 5 heteroatoms. The second kappa shape index (κ2) is 10.3. The Morgan fingerprint density at radius 3 is 2.09 bits per heavy atom. The number of unbranched alkanes of at least 4 members (excludes halogenated alkanes) is 1. The van der Waals surface area contributed by atoms with Crippen molar-refractivity contribution in [1.29, 1.82) is 0 Å². The van der Waals surface area contributed by atoms with Gasteiger partial charge in [-0.25, -0.2) is 0 Å². The number of fused-ring (bicyclic) bond motifs is 2. The lowest BCUT2D eigenvalue weighted by Crippen LogP contribution is -2.24. The second-order valence-electron chi connectivity index (χ2n) is 7.88. The first-order valence-corrected chi connectivity index (χ1v) is 11.6. The SMILES string of the molecule is O=C(O)CCCCC(C(=O)NSc1ccc2ccccc2c1)c1ccc2ccccc2c1. The summed E-state index contributed by atoms with van der Waals surface area (Å²) >= 11 is 1.32. The monoisotopic (exact) mass is 443 g/mol. The van der Waals surface area contributed by atoms with Crippen molar-refractivity contribution >= 4 is 45.4 Å². The molecule has 0 bridgehead atoms. The largest absolute Gasteiger partial charge is 0.481 e. The molecule has 0 saturated heterocycles. The highest BCUT2D eigenvalue weighted by molar-refractivity contribution is 7.98. The van der Waals surface area contributed by atoms with E-state index in [1.807, 2.05) is 48.5 Å². The van der Waals surface area contributed by atoms with Crippen molar-refractivity contribution in [3.05, 3.63) is 90.5 Å². The standard InChI is InChI=1S/C27H25NO3S/c29-26(30)12-6-5-11-25(23-14-13-19-7-1-3-9-21(19)17-23)27(31)28-32-24-16-15-20-8-2-4-10-22(20)18-24/h1-4,7-10,13-18,25H,5-6,11-12H2,(H,28,31)(H,29,30). The van der Waals surface area contributed by atoms with Crippen LogP contribution in [0.25, 0.3) is 21.5 Å².